The summed E-state index contributed by atoms with van der Waals surface area (Å²) in [5, 5.41) is 18.0. The molecule has 1 aliphatic carbocycles. The van der Waals surface area contributed by atoms with Crippen molar-refractivity contribution in [1.82, 2.24) is 0 Å². The Balaban J connectivity index is 2.72. The number of rotatable bonds is 3. The predicted octanol–water partition coefficient (Wildman–Crippen LogP) is 1.76. The Kier molecular flexibility index (Phi) is 4.14. The molecule has 0 amide bonds. The Hall–Kier alpha value is -1.10. The standard InChI is InChI=1S/C12H20O5/c1-12(2,3)17-9-5-7(10(13)14)4-8(6-9)11(15)16/h7-9H,4-6H2,1-3H3,(H,13,14)(H,15,16). The zero-order chi connectivity index (χ0) is 13.2. The van der Waals surface area contributed by atoms with E-state index < -0.39 is 23.8 Å². The molecule has 0 saturated heterocycles. The van der Waals surface area contributed by atoms with Crippen LogP contribution in [0.2, 0.25) is 0 Å². The van der Waals surface area contributed by atoms with Crippen molar-refractivity contribution >= 4 is 11.9 Å². The number of hydrogen-bond acceptors (Lipinski definition) is 3. The van der Waals surface area contributed by atoms with Crippen molar-refractivity contribution in [3.05, 3.63) is 0 Å². The van der Waals surface area contributed by atoms with Crippen molar-refractivity contribution in [1.29, 1.82) is 0 Å². The fourth-order valence-corrected chi connectivity index (χ4v) is 2.27. The first-order valence-corrected chi connectivity index (χ1v) is 5.82. The molecule has 5 nitrogen and oxygen atoms in total. The van der Waals surface area contributed by atoms with Crippen LogP contribution in [0.25, 0.3) is 0 Å². The molecule has 1 rings (SSSR count). The smallest absolute Gasteiger partial charge is 0.306 e. The van der Waals surface area contributed by atoms with E-state index in [1.807, 2.05) is 20.8 Å². The number of carboxylic acids is 2. The topological polar surface area (TPSA) is 83.8 Å². The Morgan fingerprint density at radius 3 is 1.71 bits per heavy atom. The Morgan fingerprint density at radius 1 is 1.00 bits per heavy atom. The second-order valence-electron chi connectivity index (χ2n) is 5.63. The molecule has 98 valence electrons. The summed E-state index contributed by atoms with van der Waals surface area (Å²) in [5.74, 6) is -3.09. The molecule has 0 heterocycles. The van der Waals surface area contributed by atoms with Gasteiger partial charge in [-0.1, -0.05) is 0 Å². The number of hydrogen-bond donors (Lipinski definition) is 2. The summed E-state index contributed by atoms with van der Waals surface area (Å²) in [7, 11) is 0. The lowest BCUT2D eigenvalue weighted by molar-refractivity contribution is -0.156. The van der Waals surface area contributed by atoms with Gasteiger partial charge in [-0.15, -0.1) is 0 Å². The SMILES string of the molecule is CC(C)(C)OC1CC(C(=O)O)CC(C(=O)O)C1. The van der Waals surface area contributed by atoms with Gasteiger partial charge in [0, 0.05) is 0 Å². The first kappa shape index (κ1) is 14.0. The predicted molar refractivity (Wildman–Crippen MR) is 60.7 cm³/mol. The lowest BCUT2D eigenvalue weighted by Gasteiger charge is -2.35. The van der Waals surface area contributed by atoms with Gasteiger partial charge in [-0.3, -0.25) is 9.59 Å². The van der Waals surface area contributed by atoms with Crippen LogP contribution in [0, 0.1) is 11.8 Å². The molecule has 17 heavy (non-hydrogen) atoms. The van der Waals surface area contributed by atoms with Crippen LogP contribution in [-0.4, -0.2) is 33.9 Å². The molecule has 0 aromatic carbocycles. The minimum absolute atomic E-state index is 0.203. The quantitative estimate of drug-likeness (QED) is 0.790. The van der Waals surface area contributed by atoms with Crippen LogP contribution in [0.4, 0.5) is 0 Å². The van der Waals surface area contributed by atoms with E-state index >= 15 is 0 Å². The van der Waals surface area contributed by atoms with Crippen molar-refractivity contribution < 1.29 is 24.5 Å². The first-order valence-electron chi connectivity index (χ1n) is 5.82. The molecule has 2 unspecified atom stereocenters. The summed E-state index contributed by atoms with van der Waals surface area (Å²) in [5.41, 5.74) is -0.381. The van der Waals surface area contributed by atoms with E-state index in [4.69, 9.17) is 14.9 Å². The summed E-state index contributed by atoms with van der Waals surface area (Å²) >= 11 is 0. The van der Waals surface area contributed by atoms with Crippen LogP contribution in [0.5, 0.6) is 0 Å². The lowest BCUT2D eigenvalue weighted by Crippen LogP contribution is -2.39. The Morgan fingerprint density at radius 2 is 1.41 bits per heavy atom. The van der Waals surface area contributed by atoms with Gasteiger partial charge in [-0.2, -0.15) is 0 Å². The van der Waals surface area contributed by atoms with Crippen LogP contribution in [-0.2, 0) is 14.3 Å². The molecule has 0 bridgehead atoms. The lowest BCUT2D eigenvalue weighted by atomic mass is 9.79. The molecule has 1 fully saturated rings. The molecule has 0 aliphatic heterocycles. The maximum absolute atomic E-state index is 11.0. The Bertz CT molecular complexity index is 283. The molecular formula is C12H20O5. The fraction of sp³-hybridized carbons (Fsp3) is 0.833. The average Bonchev–Trinajstić information content (AvgIpc) is 2.14. The minimum atomic E-state index is -0.932. The van der Waals surface area contributed by atoms with Gasteiger partial charge in [0.15, 0.2) is 0 Å². The van der Waals surface area contributed by atoms with Gasteiger partial charge in [0.1, 0.15) is 0 Å². The van der Waals surface area contributed by atoms with Crippen molar-refractivity contribution in [3.8, 4) is 0 Å². The van der Waals surface area contributed by atoms with E-state index in [0.717, 1.165) is 0 Å². The number of ether oxygens (including phenoxy) is 1. The van der Waals surface area contributed by atoms with Gasteiger partial charge in [0.05, 0.1) is 23.5 Å². The molecule has 0 radical (unpaired) electrons. The maximum atomic E-state index is 11.0. The highest BCUT2D eigenvalue weighted by molar-refractivity contribution is 5.74. The summed E-state index contributed by atoms with van der Waals surface area (Å²) in [6, 6.07) is 0. The van der Waals surface area contributed by atoms with Crippen LogP contribution in [0.3, 0.4) is 0 Å². The van der Waals surface area contributed by atoms with Gasteiger partial charge in [-0.25, -0.2) is 0 Å². The maximum Gasteiger partial charge on any atom is 0.306 e. The van der Waals surface area contributed by atoms with E-state index in [-0.39, 0.29) is 18.1 Å². The second kappa shape index (κ2) is 5.04. The van der Waals surface area contributed by atoms with E-state index in [0.29, 0.717) is 12.8 Å². The molecule has 5 heteroatoms. The normalized spacial score (nSPS) is 29.9. The zero-order valence-corrected chi connectivity index (χ0v) is 10.5. The minimum Gasteiger partial charge on any atom is -0.481 e. The van der Waals surface area contributed by atoms with Gasteiger partial charge in [-0.05, 0) is 40.0 Å². The number of carboxylic acid groups (broad SMARTS) is 2. The fourth-order valence-electron chi connectivity index (χ4n) is 2.27. The molecule has 2 N–H and O–H groups in total. The van der Waals surface area contributed by atoms with Crippen molar-refractivity contribution in [2.45, 2.75) is 51.7 Å². The third kappa shape index (κ3) is 4.34. The average molecular weight is 244 g/mol. The first-order chi connectivity index (χ1) is 7.69. The molecular weight excluding hydrogens is 224 g/mol. The molecule has 1 saturated carbocycles. The van der Waals surface area contributed by atoms with E-state index in [2.05, 4.69) is 0 Å². The molecule has 0 aromatic rings. The van der Waals surface area contributed by atoms with Crippen LogP contribution < -0.4 is 0 Å². The highest BCUT2D eigenvalue weighted by Gasteiger charge is 2.37. The monoisotopic (exact) mass is 244 g/mol. The van der Waals surface area contributed by atoms with Crippen molar-refractivity contribution in [2.75, 3.05) is 0 Å². The number of carbonyl (C=O) groups is 2. The third-order valence-corrected chi connectivity index (χ3v) is 2.88. The van der Waals surface area contributed by atoms with Crippen LogP contribution >= 0.6 is 0 Å². The summed E-state index contributed by atoms with van der Waals surface area (Å²) in [4.78, 5) is 22.0. The Labute approximate surface area is 101 Å². The largest absolute Gasteiger partial charge is 0.481 e. The highest BCUT2D eigenvalue weighted by atomic mass is 16.5. The zero-order valence-electron chi connectivity index (χ0n) is 10.5. The highest BCUT2D eigenvalue weighted by Crippen LogP contribution is 2.33. The molecule has 0 aromatic heterocycles. The molecule has 1 aliphatic rings. The van der Waals surface area contributed by atoms with Gasteiger partial charge in [0.2, 0.25) is 0 Å². The van der Waals surface area contributed by atoms with E-state index in [9.17, 15) is 9.59 Å². The van der Waals surface area contributed by atoms with Gasteiger partial charge >= 0.3 is 11.9 Å². The summed E-state index contributed by atoms with van der Waals surface area (Å²) in [6.07, 6.45) is 0.715. The summed E-state index contributed by atoms with van der Waals surface area (Å²) < 4.78 is 5.71. The van der Waals surface area contributed by atoms with Crippen molar-refractivity contribution in [2.24, 2.45) is 11.8 Å². The third-order valence-electron chi connectivity index (χ3n) is 2.88. The van der Waals surface area contributed by atoms with Crippen LogP contribution in [0.1, 0.15) is 40.0 Å². The second-order valence-corrected chi connectivity index (χ2v) is 5.63. The number of aliphatic carboxylic acids is 2. The van der Waals surface area contributed by atoms with Crippen molar-refractivity contribution in [3.63, 3.8) is 0 Å². The van der Waals surface area contributed by atoms with E-state index in [1.165, 1.54) is 0 Å². The van der Waals surface area contributed by atoms with Crippen LogP contribution in [0.15, 0.2) is 0 Å². The van der Waals surface area contributed by atoms with Gasteiger partial charge < -0.3 is 14.9 Å². The molecule has 0 spiro atoms. The molecule has 2 atom stereocenters. The van der Waals surface area contributed by atoms with E-state index in [1.54, 1.807) is 0 Å². The van der Waals surface area contributed by atoms with Gasteiger partial charge in [0.25, 0.3) is 0 Å². The summed E-state index contributed by atoms with van der Waals surface area (Å²) in [6.45, 7) is 5.65.